The van der Waals surface area contributed by atoms with E-state index in [0.717, 1.165) is 11.3 Å². The fraction of sp³-hybridized carbons (Fsp3) is 0.500. The summed E-state index contributed by atoms with van der Waals surface area (Å²) in [6, 6.07) is 1.20. The molecule has 8 heteroatoms. The van der Waals surface area contributed by atoms with E-state index in [1.165, 1.54) is 15.8 Å². The predicted octanol–water partition coefficient (Wildman–Crippen LogP) is 0.857. The number of thiophene rings is 1. The van der Waals surface area contributed by atoms with E-state index >= 15 is 0 Å². The fourth-order valence-corrected chi connectivity index (χ4v) is 4.42. The van der Waals surface area contributed by atoms with Crippen LogP contribution in [0.4, 0.5) is 0 Å². The lowest BCUT2D eigenvalue weighted by Crippen LogP contribution is -2.32. The molecule has 6 nitrogen and oxygen atoms in total. The molecule has 0 atom stereocenters. The molecule has 0 saturated carbocycles. The van der Waals surface area contributed by atoms with Gasteiger partial charge in [-0.2, -0.15) is 4.31 Å². The lowest BCUT2D eigenvalue weighted by molar-refractivity contribution is 0.0697. The summed E-state index contributed by atoms with van der Waals surface area (Å²) in [5, 5.41) is 10.1. The van der Waals surface area contributed by atoms with Crippen molar-refractivity contribution in [3.05, 3.63) is 17.0 Å². The molecule has 2 rings (SSSR count). The maximum absolute atomic E-state index is 12.3. The van der Waals surface area contributed by atoms with Crippen molar-refractivity contribution < 1.29 is 23.1 Å². The molecule has 1 aromatic heterocycles. The van der Waals surface area contributed by atoms with E-state index in [-0.39, 0.29) is 9.77 Å². The highest BCUT2D eigenvalue weighted by atomic mass is 32.2. The number of hydrogen-bond acceptors (Lipinski definition) is 5. The number of aromatic carboxylic acids is 1. The molecule has 100 valence electrons. The van der Waals surface area contributed by atoms with E-state index in [1.54, 1.807) is 0 Å². The third-order valence-electron chi connectivity index (χ3n) is 2.60. The van der Waals surface area contributed by atoms with Crippen LogP contribution in [0.1, 0.15) is 16.8 Å². The molecule has 1 aromatic rings. The molecule has 1 aliphatic rings. The van der Waals surface area contributed by atoms with E-state index in [9.17, 15) is 13.2 Å². The van der Waals surface area contributed by atoms with Crippen LogP contribution in [-0.2, 0) is 14.8 Å². The minimum Gasteiger partial charge on any atom is -0.478 e. The van der Waals surface area contributed by atoms with Gasteiger partial charge in [0.15, 0.2) is 0 Å². The van der Waals surface area contributed by atoms with Crippen LogP contribution in [0, 0.1) is 0 Å². The maximum atomic E-state index is 12.3. The lowest BCUT2D eigenvalue weighted by Gasteiger charge is -2.17. The van der Waals surface area contributed by atoms with E-state index in [4.69, 9.17) is 9.84 Å². The Morgan fingerprint density at radius 1 is 1.39 bits per heavy atom. The molecule has 0 aromatic carbocycles. The van der Waals surface area contributed by atoms with Crippen LogP contribution in [0.3, 0.4) is 0 Å². The largest absolute Gasteiger partial charge is 0.478 e. The first-order valence-electron chi connectivity index (χ1n) is 5.41. The highest BCUT2D eigenvalue weighted by Gasteiger charge is 2.27. The van der Waals surface area contributed by atoms with Crippen LogP contribution >= 0.6 is 11.3 Å². The molecule has 1 aliphatic heterocycles. The summed E-state index contributed by atoms with van der Waals surface area (Å²) < 4.78 is 31.1. The first-order chi connectivity index (χ1) is 8.51. The van der Waals surface area contributed by atoms with E-state index in [1.807, 2.05) is 0 Å². The number of ether oxygens (including phenoxy) is 1. The van der Waals surface area contributed by atoms with Crippen molar-refractivity contribution in [2.24, 2.45) is 0 Å². The Hall–Kier alpha value is -0.960. The van der Waals surface area contributed by atoms with Crippen molar-refractivity contribution in [3.63, 3.8) is 0 Å². The van der Waals surface area contributed by atoms with Crippen LogP contribution in [0.25, 0.3) is 0 Å². The fourth-order valence-electron chi connectivity index (χ4n) is 1.65. The molecule has 1 N–H and O–H groups in total. The number of hydrogen-bond donors (Lipinski definition) is 1. The van der Waals surface area contributed by atoms with Gasteiger partial charge in [0, 0.05) is 25.1 Å². The second kappa shape index (κ2) is 5.35. The predicted molar refractivity (Wildman–Crippen MR) is 65.5 cm³/mol. The van der Waals surface area contributed by atoms with Gasteiger partial charge < -0.3 is 9.84 Å². The topological polar surface area (TPSA) is 83.9 Å². The monoisotopic (exact) mass is 291 g/mol. The third kappa shape index (κ3) is 2.72. The molecule has 0 spiro atoms. The number of carbonyl (C=O) groups is 1. The van der Waals surface area contributed by atoms with Gasteiger partial charge in [-0.25, -0.2) is 13.2 Å². The van der Waals surface area contributed by atoms with Gasteiger partial charge in [-0.05, 0) is 12.5 Å². The van der Waals surface area contributed by atoms with Gasteiger partial charge in [0.05, 0.1) is 12.2 Å². The minimum absolute atomic E-state index is 0.00430. The number of carboxylic acids is 1. The minimum atomic E-state index is -3.59. The number of carboxylic acid groups (broad SMARTS) is 1. The summed E-state index contributed by atoms with van der Waals surface area (Å²) in [5.74, 6) is -1.12. The van der Waals surface area contributed by atoms with Crippen molar-refractivity contribution in [1.82, 2.24) is 4.31 Å². The summed E-state index contributed by atoms with van der Waals surface area (Å²) in [6.45, 7) is 1.64. The molecule has 0 unspecified atom stereocenters. The van der Waals surface area contributed by atoms with Gasteiger partial charge in [-0.15, -0.1) is 11.3 Å². The summed E-state index contributed by atoms with van der Waals surface area (Å²) >= 11 is 0.934. The van der Waals surface area contributed by atoms with Crippen molar-refractivity contribution in [3.8, 4) is 0 Å². The highest BCUT2D eigenvalue weighted by molar-refractivity contribution is 7.91. The summed E-state index contributed by atoms with van der Waals surface area (Å²) in [7, 11) is -3.59. The Morgan fingerprint density at radius 2 is 2.17 bits per heavy atom. The molecule has 2 heterocycles. The molecule has 1 saturated heterocycles. The standard InChI is InChI=1S/C10H13NO5S2/c12-10(13)8-6-9(17-7-8)18(14,15)11-2-1-4-16-5-3-11/h6-7H,1-5H2,(H,12,13). The van der Waals surface area contributed by atoms with E-state index in [0.29, 0.717) is 32.7 Å². The van der Waals surface area contributed by atoms with Crippen LogP contribution < -0.4 is 0 Å². The van der Waals surface area contributed by atoms with Gasteiger partial charge in [-0.3, -0.25) is 0 Å². The Bertz CT molecular complexity index is 528. The zero-order chi connectivity index (χ0) is 13.2. The SMILES string of the molecule is O=C(O)c1csc(S(=O)(=O)N2CCCOCC2)c1. The Labute approximate surface area is 109 Å². The molecule has 0 aliphatic carbocycles. The molecule has 18 heavy (non-hydrogen) atoms. The van der Waals surface area contributed by atoms with Gasteiger partial charge in [0.25, 0.3) is 10.0 Å². The Morgan fingerprint density at radius 3 is 2.83 bits per heavy atom. The zero-order valence-corrected chi connectivity index (χ0v) is 11.2. The van der Waals surface area contributed by atoms with E-state index in [2.05, 4.69) is 0 Å². The number of sulfonamides is 1. The summed E-state index contributed by atoms with van der Waals surface area (Å²) in [6.07, 6.45) is 0.649. The van der Waals surface area contributed by atoms with E-state index < -0.39 is 16.0 Å². The quantitative estimate of drug-likeness (QED) is 0.893. The smallest absolute Gasteiger partial charge is 0.336 e. The lowest BCUT2D eigenvalue weighted by atomic mass is 10.4. The van der Waals surface area contributed by atoms with Crippen molar-refractivity contribution in [2.45, 2.75) is 10.6 Å². The van der Waals surface area contributed by atoms with Gasteiger partial charge in [-0.1, -0.05) is 0 Å². The molecule has 0 bridgehead atoms. The normalized spacial score (nSPS) is 18.4. The molecular weight excluding hydrogens is 278 g/mol. The number of rotatable bonds is 3. The van der Waals surface area contributed by atoms with Gasteiger partial charge in [0.1, 0.15) is 4.21 Å². The van der Waals surface area contributed by atoms with Crippen LogP contribution in [0.2, 0.25) is 0 Å². The summed E-state index contributed by atoms with van der Waals surface area (Å²) in [4.78, 5) is 10.8. The van der Waals surface area contributed by atoms with Crippen molar-refractivity contribution in [1.29, 1.82) is 0 Å². The molecule has 1 fully saturated rings. The molecule has 0 amide bonds. The second-order valence-electron chi connectivity index (χ2n) is 3.83. The first kappa shape index (κ1) is 13.5. The highest BCUT2D eigenvalue weighted by Crippen LogP contribution is 2.24. The van der Waals surface area contributed by atoms with Crippen LogP contribution in [0.5, 0.6) is 0 Å². The Kier molecular flexibility index (Phi) is 4.00. The molecule has 0 radical (unpaired) electrons. The average Bonchev–Trinajstić information content (AvgIpc) is 2.66. The average molecular weight is 291 g/mol. The van der Waals surface area contributed by atoms with Crippen LogP contribution in [0.15, 0.2) is 15.7 Å². The van der Waals surface area contributed by atoms with Crippen LogP contribution in [-0.4, -0.2) is 50.1 Å². The van der Waals surface area contributed by atoms with Crippen molar-refractivity contribution in [2.75, 3.05) is 26.3 Å². The third-order valence-corrected chi connectivity index (χ3v) is 5.91. The van der Waals surface area contributed by atoms with Gasteiger partial charge >= 0.3 is 5.97 Å². The Balaban J connectivity index is 2.25. The second-order valence-corrected chi connectivity index (χ2v) is 6.91. The first-order valence-corrected chi connectivity index (χ1v) is 7.73. The summed E-state index contributed by atoms with van der Waals surface area (Å²) in [5.41, 5.74) is 0.00430. The van der Waals surface area contributed by atoms with Crippen molar-refractivity contribution >= 4 is 27.3 Å². The molecular formula is C10H13NO5S2. The maximum Gasteiger partial charge on any atom is 0.336 e. The number of nitrogens with zero attached hydrogens (tertiary/aromatic N) is 1. The van der Waals surface area contributed by atoms with Gasteiger partial charge in [0.2, 0.25) is 0 Å². The zero-order valence-electron chi connectivity index (χ0n) is 9.53.